The van der Waals surface area contributed by atoms with Crippen LogP contribution in [0.5, 0.6) is 0 Å². The molecule has 108 valence electrons. The zero-order chi connectivity index (χ0) is 15.1. The maximum absolute atomic E-state index is 12.7. The predicted octanol–water partition coefficient (Wildman–Crippen LogP) is 2.63. The summed E-state index contributed by atoms with van der Waals surface area (Å²) in [4.78, 5) is 13.9. The van der Waals surface area contributed by atoms with Gasteiger partial charge in [-0.3, -0.25) is 4.79 Å². The third-order valence-corrected chi connectivity index (χ3v) is 3.52. The number of carbonyl (C=O) groups is 1. The molecule has 0 saturated heterocycles. The first-order chi connectivity index (χ1) is 9.27. The Kier molecular flexibility index (Phi) is 3.50. The van der Waals surface area contributed by atoms with Crippen LogP contribution in [0.25, 0.3) is 5.57 Å². The van der Waals surface area contributed by atoms with Gasteiger partial charge in [0.15, 0.2) is 5.78 Å². The summed E-state index contributed by atoms with van der Waals surface area (Å²) < 4.78 is 38.2. The SMILES string of the molecule is CCC1C(=O)C(c2cccc(C(F)(F)F)c2)=C(N)N1C. The molecular weight excluding hydrogens is 269 g/mol. The van der Waals surface area contributed by atoms with Crippen LogP contribution in [-0.4, -0.2) is 23.8 Å². The van der Waals surface area contributed by atoms with E-state index in [1.807, 2.05) is 6.92 Å². The number of hydrogen-bond acceptors (Lipinski definition) is 3. The Labute approximate surface area is 114 Å². The van der Waals surface area contributed by atoms with Gasteiger partial charge >= 0.3 is 6.18 Å². The van der Waals surface area contributed by atoms with E-state index in [0.717, 1.165) is 12.1 Å². The molecule has 0 aromatic heterocycles. The highest BCUT2D eigenvalue weighted by atomic mass is 19.4. The van der Waals surface area contributed by atoms with Crippen LogP contribution in [0.15, 0.2) is 30.1 Å². The van der Waals surface area contributed by atoms with Crippen LogP contribution < -0.4 is 5.73 Å². The van der Waals surface area contributed by atoms with Crippen molar-refractivity contribution < 1.29 is 18.0 Å². The Hall–Kier alpha value is -1.98. The van der Waals surface area contributed by atoms with Crippen LogP contribution in [0.4, 0.5) is 13.2 Å². The van der Waals surface area contributed by atoms with Crippen molar-refractivity contribution in [3.63, 3.8) is 0 Å². The fraction of sp³-hybridized carbons (Fsp3) is 0.357. The number of halogens is 3. The first-order valence-electron chi connectivity index (χ1n) is 6.21. The monoisotopic (exact) mass is 284 g/mol. The number of carbonyl (C=O) groups excluding carboxylic acids is 1. The van der Waals surface area contributed by atoms with Gasteiger partial charge in [-0.05, 0) is 24.1 Å². The molecule has 1 aliphatic rings. The summed E-state index contributed by atoms with van der Waals surface area (Å²) in [5.41, 5.74) is 5.47. The number of Topliss-reactive ketones (excluding diaryl/α,β-unsaturated/α-hetero) is 1. The highest BCUT2D eigenvalue weighted by Gasteiger charge is 2.37. The molecule has 0 fully saturated rings. The lowest BCUT2D eigenvalue weighted by Gasteiger charge is -2.19. The van der Waals surface area contributed by atoms with E-state index in [0.29, 0.717) is 6.42 Å². The molecule has 1 unspecified atom stereocenters. The van der Waals surface area contributed by atoms with Gasteiger partial charge in [0.2, 0.25) is 0 Å². The summed E-state index contributed by atoms with van der Waals surface area (Å²) in [5, 5.41) is 0. The number of rotatable bonds is 2. The second kappa shape index (κ2) is 4.85. The maximum atomic E-state index is 12.7. The summed E-state index contributed by atoms with van der Waals surface area (Å²) in [7, 11) is 1.67. The number of nitrogens with two attached hydrogens (primary N) is 1. The van der Waals surface area contributed by atoms with Crippen molar-refractivity contribution >= 4 is 11.4 Å². The van der Waals surface area contributed by atoms with E-state index < -0.39 is 17.8 Å². The van der Waals surface area contributed by atoms with Gasteiger partial charge in [-0.1, -0.05) is 19.1 Å². The van der Waals surface area contributed by atoms with E-state index in [1.54, 1.807) is 11.9 Å². The predicted molar refractivity (Wildman–Crippen MR) is 69.4 cm³/mol. The van der Waals surface area contributed by atoms with E-state index >= 15 is 0 Å². The molecule has 0 bridgehead atoms. The molecule has 3 nitrogen and oxygen atoms in total. The Morgan fingerprint density at radius 3 is 2.50 bits per heavy atom. The Morgan fingerprint density at radius 2 is 2.00 bits per heavy atom. The average molecular weight is 284 g/mol. The summed E-state index contributed by atoms with van der Waals surface area (Å²) in [5.74, 6) is -0.00648. The lowest BCUT2D eigenvalue weighted by molar-refractivity contribution is -0.137. The minimum Gasteiger partial charge on any atom is -0.385 e. The maximum Gasteiger partial charge on any atom is 0.416 e. The molecule has 6 heteroatoms. The van der Waals surface area contributed by atoms with Crippen molar-refractivity contribution in [1.29, 1.82) is 0 Å². The average Bonchev–Trinajstić information content (AvgIpc) is 2.59. The van der Waals surface area contributed by atoms with Crippen molar-refractivity contribution in [2.75, 3.05) is 7.05 Å². The van der Waals surface area contributed by atoms with Crippen LogP contribution in [0.1, 0.15) is 24.5 Å². The molecule has 1 aromatic rings. The van der Waals surface area contributed by atoms with Crippen molar-refractivity contribution in [3.8, 4) is 0 Å². The van der Waals surface area contributed by atoms with Crippen molar-refractivity contribution in [1.82, 2.24) is 4.90 Å². The molecule has 2 rings (SSSR count). The fourth-order valence-corrected chi connectivity index (χ4v) is 2.41. The van der Waals surface area contributed by atoms with E-state index in [9.17, 15) is 18.0 Å². The lowest BCUT2D eigenvalue weighted by Crippen LogP contribution is -2.32. The fourth-order valence-electron chi connectivity index (χ4n) is 2.41. The zero-order valence-corrected chi connectivity index (χ0v) is 11.2. The largest absolute Gasteiger partial charge is 0.416 e. The molecule has 0 aliphatic carbocycles. The van der Waals surface area contributed by atoms with Crippen molar-refractivity contribution in [3.05, 3.63) is 41.2 Å². The molecule has 1 heterocycles. The minimum atomic E-state index is -4.44. The molecule has 20 heavy (non-hydrogen) atoms. The Balaban J connectivity index is 2.49. The van der Waals surface area contributed by atoms with Gasteiger partial charge in [-0.2, -0.15) is 13.2 Å². The number of likely N-dealkylation sites (N-methyl/N-ethyl adjacent to an activating group) is 1. The Bertz CT molecular complexity index is 578. The smallest absolute Gasteiger partial charge is 0.385 e. The second-order valence-corrected chi connectivity index (χ2v) is 4.74. The van der Waals surface area contributed by atoms with E-state index in [-0.39, 0.29) is 22.7 Å². The highest BCUT2D eigenvalue weighted by Crippen LogP contribution is 2.34. The molecule has 2 N–H and O–H groups in total. The van der Waals surface area contributed by atoms with E-state index in [4.69, 9.17) is 5.73 Å². The molecule has 0 saturated carbocycles. The van der Waals surface area contributed by atoms with Crippen molar-refractivity contribution in [2.45, 2.75) is 25.6 Å². The van der Waals surface area contributed by atoms with Crippen molar-refractivity contribution in [2.24, 2.45) is 5.73 Å². The number of ketones is 1. The minimum absolute atomic E-state index is 0.172. The Morgan fingerprint density at radius 1 is 1.35 bits per heavy atom. The number of hydrogen-bond donors (Lipinski definition) is 1. The van der Waals surface area contributed by atoms with E-state index in [1.165, 1.54) is 12.1 Å². The van der Waals surface area contributed by atoms with E-state index in [2.05, 4.69) is 0 Å². The quantitative estimate of drug-likeness (QED) is 0.908. The molecular formula is C14H15F3N2O. The summed E-state index contributed by atoms with van der Waals surface area (Å²) in [6.45, 7) is 1.83. The molecule has 1 atom stereocenters. The number of nitrogens with zero attached hydrogens (tertiary/aromatic N) is 1. The van der Waals surface area contributed by atoms with Crippen LogP contribution in [0, 0.1) is 0 Å². The third-order valence-electron chi connectivity index (χ3n) is 3.52. The summed E-state index contributed by atoms with van der Waals surface area (Å²) in [6.07, 6.45) is -3.89. The van der Waals surface area contributed by atoms with Crippen LogP contribution in [-0.2, 0) is 11.0 Å². The lowest BCUT2D eigenvalue weighted by atomic mass is 9.98. The zero-order valence-electron chi connectivity index (χ0n) is 11.2. The van der Waals surface area contributed by atoms with Crippen LogP contribution >= 0.6 is 0 Å². The van der Waals surface area contributed by atoms with Gasteiger partial charge in [0.05, 0.1) is 17.2 Å². The molecule has 1 aliphatic heterocycles. The molecule has 0 amide bonds. The van der Waals surface area contributed by atoms with Gasteiger partial charge in [0, 0.05) is 7.05 Å². The standard InChI is InChI=1S/C14H15F3N2O/c1-3-10-12(20)11(13(18)19(10)2)8-5-4-6-9(7-8)14(15,16)17/h4-7,10H,3,18H2,1-2H3. The summed E-state index contributed by atoms with van der Waals surface area (Å²) >= 11 is 0. The topological polar surface area (TPSA) is 46.3 Å². The van der Waals surface area contributed by atoms with Crippen LogP contribution in [0.2, 0.25) is 0 Å². The summed E-state index contributed by atoms with van der Waals surface area (Å²) in [6, 6.07) is 4.29. The molecule has 0 radical (unpaired) electrons. The first kappa shape index (κ1) is 14.4. The number of benzene rings is 1. The molecule has 0 spiro atoms. The first-order valence-corrected chi connectivity index (χ1v) is 6.21. The second-order valence-electron chi connectivity index (χ2n) is 4.74. The highest BCUT2D eigenvalue weighted by molar-refractivity contribution is 6.25. The number of alkyl halides is 3. The molecule has 1 aromatic carbocycles. The third kappa shape index (κ3) is 2.26. The van der Waals surface area contributed by atoms with Crippen LogP contribution in [0.3, 0.4) is 0 Å². The van der Waals surface area contributed by atoms with Gasteiger partial charge < -0.3 is 10.6 Å². The normalized spacial score (nSPS) is 19.9. The van der Waals surface area contributed by atoms with Gasteiger partial charge in [-0.15, -0.1) is 0 Å². The van der Waals surface area contributed by atoms with Gasteiger partial charge in [0.25, 0.3) is 0 Å². The van der Waals surface area contributed by atoms with Gasteiger partial charge in [-0.25, -0.2) is 0 Å². The van der Waals surface area contributed by atoms with Gasteiger partial charge in [0.1, 0.15) is 5.82 Å².